The van der Waals surface area contributed by atoms with Crippen LogP contribution in [0.5, 0.6) is 5.75 Å². The summed E-state index contributed by atoms with van der Waals surface area (Å²) in [5.41, 5.74) is 3.74. The molecule has 0 N–H and O–H groups in total. The number of aryl methyl sites for hydroxylation is 1. The summed E-state index contributed by atoms with van der Waals surface area (Å²) in [7, 11) is 1.62. The zero-order chi connectivity index (χ0) is 20.4. The summed E-state index contributed by atoms with van der Waals surface area (Å²) in [6.45, 7) is 1.99. The zero-order valence-corrected chi connectivity index (χ0v) is 16.9. The SMILES string of the molecule is COc1ccc(/C=C2/N=C(c3ccccc3Cl)N(c3cccc(C)c3)C2=O)cc1. The average molecular weight is 403 g/mol. The molecule has 0 aliphatic carbocycles. The van der Waals surface area contributed by atoms with Gasteiger partial charge in [0.2, 0.25) is 0 Å². The number of hydrogen-bond acceptors (Lipinski definition) is 3. The van der Waals surface area contributed by atoms with Gasteiger partial charge in [-0.15, -0.1) is 0 Å². The fraction of sp³-hybridized carbons (Fsp3) is 0.0833. The second kappa shape index (κ2) is 7.94. The number of anilines is 1. The maximum absolute atomic E-state index is 13.3. The molecule has 0 bridgehead atoms. The van der Waals surface area contributed by atoms with Crippen LogP contribution in [0.15, 0.2) is 83.5 Å². The van der Waals surface area contributed by atoms with Crippen molar-refractivity contribution in [3.8, 4) is 5.75 Å². The van der Waals surface area contributed by atoms with Crippen LogP contribution in [-0.2, 0) is 4.79 Å². The van der Waals surface area contributed by atoms with Gasteiger partial charge in [0, 0.05) is 5.56 Å². The van der Waals surface area contributed by atoms with Gasteiger partial charge < -0.3 is 4.74 Å². The minimum Gasteiger partial charge on any atom is -0.497 e. The van der Waals surface area contributed by atoms with Gasteiger partial charge in [0.15, 0.2) is 0 Å². The molecule has 1 amide bonds. The van der Waals surface area contributed by atoms with Gasteiger partial charge in [-0.3, -0.25) is 9.69 Å². The first kappa shape index (κ1) is 19.0. The van der Waals surface area contributed by atoms with E-state index in [1.807, 2.05) is 73.7 Å². The van der Waals surface area contributed by atoms with Gasteiger partial charge in [-0.2, -0.15) is 0 Å². The number of amidine groups is 1. The second-order valence-electron chi connectivity index (χ2n) is 6.70. The van der Waals surface area contributed by atoms with Crippen LogP contribution < -0.4 is 9.64 Å². The molecule has 1 aliphatic rings. The number of halogens is 1. The lowest BCUT2D eigenvalue weighted by molar-refractivity contribution is -0.113. The topological polar surface area (TPSA) is 41.9 Å². The Morgan fingerprint density at radius 3 is 2.45 bits per heavy atom. The molecule has 4 rings (SSSR count). The maximum Gasteiger partial charge on any atom is 0.282 e. The molecule has 144 valence electrons. The molecular weight excluding hydrogens is 384 g/mol. The molecule has 1 aliphatic heterocycles. The van der Waals surface area contributed by atoms with Crippen LogP contribution in [0, 0.1) is 6.92 Å². The van der Waals surface area contributed by atoms with Crippen molar-refractivity contribution in [2.45, 2.75) is 6.92 Å². The van der Waals surface area contributed by atoms with Crippen molar-refractivity contribution in [2.24, 2.45) is 4.99 Å². The van der Waals surface area contributed by atoms with Gasteiger partial charge in [-0.05, 0) is 60.5 Å². The van der Waals surface area contributed by atoms with E-state index in [1.54, 1.807) is 24.2 Å². The minimum atomic E-state index is -0.193. The largest absolute Gasteiger partial charge is 0.497 e. The van der Waals surface area contributed by atoms with Crippen molar-refractivity contribution < 1.29 is 9.53 Å². The Morgan fingerprint density at radius 2 is 1.76 bits per heavy atom. The van der Waals surface area contributed by atoms with Crippen LogP contribution in [-0.4, -0.2) is 18.9 Å². The van der Waals surface area contributed by atoms with Crippen LogP contribution in [0.4, 0.5) is 5.69 Å². The van der Waals surface area contributed by atoms with Gasteiger partial charge in [-0.1, -0.05) is 48.0 Å². The summed E-state index contributed by atoms with van der Waals surface area (Å²) in [6, 6.07) is 22.6. The molecule has 1 heterocycles. The van der Waals surface area contributed by atoms with Crippen molar-refractivity contribution in [3.05, 3.63) is 100 Å². The molecule has 0 spiro atoms. The minimum absolute atomic E-state index is 0.193. The summed E-state index contributed by atoms with van der Waals surface area (Å²) in [5.74, 6) is 1.08. The van der Waals surface area contributed by atoms with Crippen molar-refractivity contribution >= 4 is 35.1 Å². The lowest BCUT2D eigenvalue weighted by Gasteiger charge is -2.19. The summed E-state index contributed by atoms with van der Waals surface area (Å²) in [6.07, 6.45) is 1.77. The quantitative estimate of drug-likeness (QED) is 0.541. The number of nitrogens with zero attached hydrogens (tertiary/aromatic N) is 2. The highest BCUT2D eigenvalue weighted by Crippen LogP contribution is 2.30. The van der Waals surface area contributed by atoms with Crippen molar-refractivity contribution in [2.75, 3.05) is 12.0 Å². The smallest absolute Gasteiger partial charge is 0.282 e. The van der Waals surface area contributed by atoms with Crippen LogP contribution in [0.25, 0.3) is 6.08 Å². The maximum atomic E-state index is 13.3. The second-order valence-corrected chi connectivity index (χ2v) is 7.10. The van der Waals surface area contributed by atoms with Gasteiger partial charge in [0.05, 0.1) is 17.8 Å². The monoisotopic (exact) mass is 402 g/mol. The predicted octanol–water partition coefficient (Wildman–Crippen LogP) is 5.49. The molecule has 0 unspecified atom stereocenters. The molecule has 0 saturated heterocycles. The highest BCUT2D eigenvalue weighted by atomic mass is 35.5. The number of carbonyl (C=O) groups excluding carboxylic acids is 1. The van der Waals surface area contributed by atoms with Gasteiger partial charge in [-0.25, -0.2) is 4.99 Å². The van der Waals surface area contributed by atoms with E-state index in [-0.39, 0.29) is 5.91 Å². The Labute approximate surface area is 174 Å². The van der Waals surface area contributed by atoms with E-state index < -0.39 is 0 Å². The fourth-order valence-electron chi connectivity index (χ4n) is 3.20. The molecule has 29 heavy (non-hydrogen) atoms. The van der Waals surface area contributed by atoms with Crippen LogP contribution in [0.2, 0.25) is 5.02 Å². The van der Waals surface area contributed by atoms with E-state index in [4.69, 9.17) is 16.3 Å². The lowest BCUT2D eigenvalue weighted by atomic mass is 10.1. The first-order valence-corrected chi connectivity index (χ1v) is 9.55. The Balaban J connectivity index is 1.82. The number of methoxy groups -OCH3 is 1. The highest BCUT2D eigenvalue weighted by molar-refractivity contribution is 6.39. The summed E-state index contributed by atoms with van der Waals surface area (Å²) < 4.78 is 5.20. The standard InChI is InChI=1S/C24H19ClN2O2/c1-16-6-5-7-18(14-16)27-23(20-8-3-4-9-21(20)25)26-22(24(27)28)15-17-10-12-19(29-2)13-11-17/h3-15H,1-2H3/b22-15+. The normalized spacial score (nSPS) is 15.0. The number of aliphatic imine (C=N–C) groups is 1. The number of amides is 1. The first-order valence-electron chi connectivity index (χ1n) is 9.17. The van der Waals surface area contributed by atoms with E-state index in [0.29, 0.717) is 22.1 Å². The highest BCUT2D eigenvalue weighted by Gasteiger charge is 2.33. The Bertz CT molecular complexity index is 1130. The fourth-order valence-corrected chi connectivity index (χ4v) is 3.42. The third-order valence-corrected chi connectivity index (χ3v) is 4.98. The summed E-state index contributed by atoms with van der Waals surface area (Å²) >= 11 is 6.43. The molecule has 0 radical (unpaired) electrons. The van der Waals surface area contributed by atoms with Gasteiger partial charge in [0.1, 0.15) is 17.3 Å². The van der Waals surface area contributed by atoms with E-state index >= 15 is 0 Å². The zero-order valence-electron chi connectivity index (χ0n) is 16.1. The van der Waals surface area contributed by atoms with Crippen LogP contribution >= 0.6 is 11.6 Å². The van der Waals surface area contributed by atoms with E-state index in [1.165, 1.54) is 0 Å². The molecule has 0 aromatic heterocycles. The Kier molecular flexibility index (Phi) is 5.19. The number of carbonyl (C=O) groups is 1. The molecule has 0 saturated carbocycles. The molecule has 3 aromatic carbocycles. The lowest BCUT2D eigenvalue weighted by Crippen LogP contribution is -2.32. The molecule has 4 nitrogen and oxygen atoms in total. The van der Waals surface area contributed by atoms with Gasteiger partial charge >= 0.3 is 0 Å². The van der Waals surface area contributed by atoms with E-state index in [0.717, 1.165) is 22.6 Å². The third-order valence-electron chi connectivity index (χ3n) is 4.65. The van der Waals surface area contributed by atoms with Crippen molar-refractivity contribution in [1.82, 2.24) is 0 Å². The van der Waals surface area contributed by atoms with Crippen LogP contribution in [0.1, 0.15) is 16.7 Å². The molecule has 0 fully saturated rings. The third kappa shape index (κ3) is 3.80. The average Bonchev–Trinajstić information content (AvgIpc) is 3.05. The Hall–Kier alpha value is -3.37. The van der Waals surface area contributed by atoms with Crippen LogP contribution in [0.3, 0.4) is 0 Å². The summed E-state index contributed by atoms with van der Waals surface area (Å²) in [5, 5.41) is 0.544. The number of ether oxygens (including phenoxy) is 1. The number of benzene rings is 3. The first-order chi connectivity index (χ1) is 14.1. The predicted molar refractivity (Wildman–Crippen MR) is 118 cm³/mol. The molecule has 3 aromatic rings. The van der Waals surface area contributed by atoms with Crippen molar-refractivity contribution in [1.29, 1.82) is 0 Å². The number of hydrogen-bond donors (Lipinski definition) is 0. The van der Waals surface area contributed by atoms with Gasteiger partial charge in [0.25, 0.3) is 5.91 Å². The molecule has 0 atom stereocenters. The summed E-state index contributed by atoms with van der Waals surface area (Å²) in [4.78, 5) is 19.6. The van der Waals surface area contributed by atoms with Crippen molar-refractivity contribution in [3.63, 3.8) is 0 Å². The Morgan fingerprint density at radius 1 is 1.00 bits per heavy atom. The number of rotatable bonds is 4. The van der Waals surface area contributed by atoms with E-state index in [2.05, 4.69) is 4.99 Å². The molecule has 5 heteroatoms. The molecular formula is C24H19ClN2O2. The van der Waals surface area contributed by atoms with E-state index in [9.17, 15) is 4.79 Å².